The summed E-state index contributed by atoms with van der Waals surface area (Å²) < 4.78 is 85.0. The Hall–Kier alpha value is -0.120. The van der Waals surface area contributed by atoms with Gasteiger partial charge in [-0.3, -0.25) is 0 Å². The fourth-order valence-corrected chi connectivity index (χ4v) is 16.1. The summed E-state index contributed by atoms with van der Waals surface area (Å²) in [6.07, 6.45) is -39.8. The number of rotatable bonds is 33. The van der Waals surface area contributed by atoms with Gasteiger partial charge in [-0.2, -0.15) is 23.5 Å². The molecule has 96 heavy (non-hydrogen) atoms. The summed E-state index contributed by atoms with van der Waals surface area (Å²) in [5.41, 5.74) is 73.7. The zero-order valence-corrected chi connectivity index (χ0v) is 56.2. The number of nitrogens with two attached hydrogens (primary N) is 12. The van der Waals surface area contributed by atoms with Crippen LogP contribution in [-0.2, 0) is 66.3 Å². The van der Waals surface area contributed by atoms with Crippen LogP contribution in [0.4, 0.5) is 0 Å². The van der Waals surface area contributed by atoms with Gasteiger partial charge in [0.05, 0.1) is 75.0 Å². The van der Waals surface area contributed by atoms with Crippen LogP contribution in [0.2, 0.25) is 0 Å². The van der Waals surface area contributed by atoms with E-state index in [0.717, 1.165) is 0 Å². The Balaban J connectivity index is 0.772. The molecule has 0 amide bonds. The molecule has 36 N–H and O–H groups in total. The third-order valence-electron chi connectivity index (χ3n) is 18.4. The average molecular weight is 1470 g/mol. The first-order valence-electron chi connectivity index (χ1n) is 32.2. The van der Waals surface area contributed by atoms with E-state index in [-0.39, 0.29) is 50.5 Å². The van der Waals surface area contributed by atoms with Crippen LogP contribution < -0.4 is 68.8 Å². The van der Waals surface area contributed by atoms with Gasteiger partial charge in [0.1, 0.15) is 122 Å². The second-order valence-corrected chi connectivity index (χ2v) is 30.1. The van der Waals surface area contributed by atoms with Crippen molar-refractivity contribution < 1.29 is 128 Å². The van der Waals surface area contributed by atoms with E-state index in [9.17, 15) is 61.3 Å². The molecule has 38 nitrogen and oxygen atoms in total. The summed E-state index contributed by atoms with van der Waals surface area (Å²) >= 11 is 2.81. The number of aliphatic hydroxyl groups is 12. The first-order chi connectivity index (χ1) is 45.8. The van der Waals surface area contributed by atoms with Gasteiger partial charge < -0.3 is 196 Å². The predicted molar refractivity (Wildman–Crippen MR) is 344 cm³/mol. The first-order valence-corrected chi connectivity index (χ1v) is 37.0. The molecule has 8 fully saturated rings. The second-order valence-electron chi connectivity index (χ2n) is 25.1. The fraction of sp³-hybridized carbons (Fsp3) is 1.00. The van der Waals surface area contributed by atoms with Crippen molar-refractivity contribution in [1.29, 1.82) is 0 Å². The largest absolute Gasteiger partial charge is 0.389 e. The molecule has 8 aliphatic rings. The molecule has 0 radical (unpaired) electrons. The molecule has 0 bridgehead atoms. The Kier molecular flexibility index (Phi) is 32.5. The molecule has 42 heteroatoms. The third kappa shape index (κ3) is 19.7. The van der Waals surface area contributed by atoms with Crippen molar-refractivity contribution in [1.82, 2.24) is 0 Å². The summed E-state index contributed by atoms with van der Waals surface area (Å²) in [5, 5.41) is 131. The molecule has 6 aliphatic heterocycles. The topological polar surface area (TPSA) is 684 Å². The van der Waals surface area contributed by atoms with Crippen LogP contribution in [0, 0.1) is 0 Å². The molecule has 2 aliphatic carbocycles. The van der Waals surface area contributed by atoms with Crippen LogP contribution >= 0.6 is 45.1 Å². The molecule has 0 aromatic carbocycles. The van der Waals surface area contributed by atoms with Crippen molar-refractivity contribution in [2.45, 2.75) is 245 Å². The lowest BCUT2D eigenvalue weighted by molar-refractivity contribution is -0.306. The van der Waals surface area contributed by atoms with E-state index in [1.54, 1.807) is 21.6 Å². The van der Waals surface area contributed by atoms with Crippen LogP contribution in [0.15, 0.2) is 0 Å². The normalized spacial score (nSPS) is 48.8. The Bertz CT molecular complexity index is 2130. The van der Waals surface area contributed by atoms with E-state index >= 15 is 0 Å². The van der Waals surface area contributed by atoms with Gasteiger partial charge in [-0.25, -0.2) is 0 Å². The molecule has 6 heterocycles. The number of hydrogen-bond acceptors (Lipinski definition) is 42. The van der Waals surface area contributed by atoms with Gasteiger partial charge in [-0.15, -0.1) is 0 Å². The minimum absolute atomic E-state index is 0.0588. The van der Waals surface area contributed by atoms with Gasteiger partial charge in [0.25, 0.3) is 0 Å². The predicted octanol–water partition coefficient (Wildman–Crippen LogP) is -13.9. The SMILES string of the molecule is NCC1O[C@H](O[C@@H]2C(N)C[C@@H](N)C(O)C2O[C@@H]2O[C@H](CSCCOCCSSCCOCCSC[C@H]3O[C@@H](OC4C(O)[C@H](N)CC(N)[C@H]4O[C@H]4OC(CN)[C@@H](O)C(O)C4N)[C@@H](O)[C@H]3OC3O[C@@H](CN)C(O)C(O)[C@H]3N)[C@H](OC3O[C@@H](CN)C(O)C(O)[C@H]3N)[C@@H]2O)C(N)C(O)[C@@H]1O. The minimum Gasteiger partial charge on any atom is -0.389 e. The molecule has 562 valence electrons. The van der Waals surface area contributed by atoms with Gasteiger partial charge in [-0.1, -0.05) is 21.6 Å². The summed E-state index contributed by atoms with van der Waals surface area (Å²) in [6.45, 7) is 0.744. The summed E-state index contributed by atoms with van der Waals surface area (Å²) in [6, 6.07) is -8.71. The van der Waals surface area contributed by atoms with E-state index in [4.69, 9.17) is 135 Å². The molecule has 0 spiro atoms. The Morgan fingerprint density at radius 3 is 0.833 bits per heavy atom. The standard InChI is InChI=1S/C54H106N12O26S4/c55-11-21-33(69)37(73)27(63)49(81-21)87-43-19(61)9-17(59)31(67)47(43)91-53-41(77)45(89-51-29(65)39(75)35(71)23(13-57)83-51)25(85-53)15-93-5-1-79-3-7-95-96-8-4-80-2-6-94-16-26-46(90-52-30(66)40(76)36(72)24(14-58)84-52)42(78)54(86-26)92-48-32(68)18(60)10-20(62)44(48)88-50-28(64)38(74)34(70)22(12-56)82-50/h17-54,67-78H,1-16,55-66H2/t17-,18-,19?,20?,21?,22?,23+,24+,25-,26-,27?,28?,29-,30-,31?,32?,33-,34-,35?,36?,37?,38?,39?,40?,41+,42+,43-,44-,45+,46+,47?,48?,49-,50-,51?,52?,53+,54+/m1/s1. The molecule has 8 rings (SSSR count). The van der Waals surface area contributed by atoms with Crippen molar-refractivity contribution in [3.05, 3.63) is 0 Å². The molecular weight excluding hydrogens is 1360 g/mol. The smallest absolute Gasteiger partial charge is 0.187 e. The Labute approximate surface area is 571 Å². The zero-order valence-electron chi connectivity index (χ0n) is 52.9. The molecule has 38 atom stereocenters. The highest BCUT2D eigenvalue weighted by Gasteiger charge is 2.57. The summed E-state index contributed by atoms with van der Waals surface area (Å²) in [5.74, 6) is 2.64. The van der Waals surface area contributed by atoms with Crippen molar-refractivity contribution in [2.75, 3.05) is 87.1 Å². The van der Waals surface area contributed by atoms with E-state index < -0.39 is 233 Å². The molecule has 0 aromatic rings. The van der Waals surface area contributed by atoms with Crippen LogP contribution in [0.5, 0.6) is 0 Å². The number of aliphatic hydroxyl groups excluding tert-OH is 12. The van der Waals surface area contributed by atoms with Gasteiger partial charge >= 0.3 is 0 Å². The highest BCUT2D eigenvalue weighted by molar-refractivity contribution is 8.76. The van der Waals surface area contributed by atoms with Crippen molar-refractivity contribution in [3.8, 4) is 0 Å². The first kappa shape index (κ1) is 81.5. The highest BCUT2D eigenvalue weighted by atomic mass is 33.1. The van der Waals surface area contributed by atoms with Gasteiger partial charge in [0, 0.05) is 84.9 Å². The quantitative estimate of drug-likeness (QED) is 0.0214. The Morgan fingerprint density at radius 2 is 0.542 bits per heavy atom. The lowest BCUT2D eigenvalue weighted by atomic mass is 9.84. The maximum absolute atomic E-state index is 11.9. The van der Waals surface area contributed by atoms with E-state index in [2.05, 4.69) is 0 Å². The molecule has 2 saturated carbocycles. The van der Waals surface area contributed by atoms with Gasteiger partial charge in [0.2, 0.25) is 0 Å². The van der Waals surface area contributed by atoms with Crippen molar-refractivity contribution >= 4 is 45.1 Å². The second kappa shape index (κ2) is 38.2. The third-order valence-corrected chi connectivity index (χ3v) is 22.8. The van der Waals surface area contributed by atoms with Crippen molar-refractivity contribution in [2.24, 2.45) is 68.8 Å². The average Bonchev–Trinajstić information content (AvgIpc) is 1.59. The van der Waals surface area contributed by atoms with E-state index in [1.165, 1.54) is 23.5 Å². The van der Waals surface area contributed by atoms with E-state index in [0.29, 0.717) is 49.4 Å². The van der Waals surface area contributed by atoms with Crippen LogP contribution in [0.3, 0.4) is 0 Å². The van der Waals surface area contributed by atoms with Crippen molar-refractivity contribution in [3.63, 3.8) is 0 Å². The monoisotopic (exact) mass is 1470 g/mol. The number of thioether (sulfide) groups is 2. The maximum atomic E-state index is 11.9. The number of ether oxygens (including phenoxy) is 14. The maximum Gasteiger partial charge on any atom is 0.187 e. The summed E-state index contributed by atoms with van der Waals surface area (Å²) in [4.78, 5) is 0. The minimum atomic E-state index is -1.59. The fourth-order valence-electron chi connectivity index (χ4n) is 12.6. The lowest BCUT2D eigenvalue weighted by Gasteiger charge is -2.47. The van der Waals surface area contributed by atoms with Gasteiger partial charge in [-0.05, 0) is 12.8 Å². The summed E-state index contributed by atoms with van der Waals surface area (Å²) in [7, 11) is 3.18. The van der Waals surface area contributed by atoms with E-state index in [1.807, 2.05) is 0 Å². The van der Waals surface area contributed by atoms with Crippen LogP contribution in [0.25, 0.3) is 0 Å². The highest BCUT2D eigenvalue weighted by Crippen LogP contribution is 2.39. The molecule has 18 unspecified atom stereocenters. The Morgan fingerprint density at radius 1 is 0.281 bits per heavy atom. The van der Waals surface area contributed by atoms with Crippen LogP contribution in [0.1, 0.15) is 12.8 Å². The molecule has 6 saturated heterocycles. The lowest BCUT2D eigenvalue weighted by Crippen LogP contribution is -2.68. The number of hydrogen-bond donors (Lipinski definition) is 24. The molecule has 0 aromatic heterocycles. The van der Waals surface area contributed by atoms with Crippen LogP contribution in [-0.4, -0.2) is 381 Å². The van der Waals surface area contributed by atoms with Gasteiger partial charge in [0.15, 0.2) is 37.7 Å². The molecular formula is C54H106N12O26S4. The zero-order chi connectivity index (χ0) is 70.0.